The number of nitrogens with zero attached hydrogens (tertiary/aromatic N) is 2. The van der Waals surface area contributed by atoms with Gasteiger partial charge >= 0.3 is 0 Å². The molecule has 0 aliphatic carbocycles. The Bertz CT molecular complexity index is 898. The molecule has 7 nitrogen and oxygen atoms in total. The number of benzene rings is 1. The second-order valence-electron chi connectivity index (χ2n) is 9.00. The van der Waals surface area contributed by atoms with Gasteiger partial charge in [0, 0.05) is 44.0 Å². The molecular weight excluding hydrogens is 428 g/mol. The fourth-order valence-electron chi connectivity index (χ4n) is 5.19. The Hall–Kier alpha value is -1.90. The molecule has 2 aromatic rings. The summed E-state index contributed by atoms with van der Waals surface area (Å²) in [5.41, 5.74) is 2.52. The maximum atomic E-state index is 12.2. The van der Waals surface area contributed by atoms with Gasteiger partial charge in [-0.2, -0.15) is 0 Å². The number of carbonyl (C=O) groups excluding carboxylic acids is 1. The molecular formula is C24H33ClN4O3. The molecule has 8 heteroatoms. The molecule has 0 bridgehead atoms. The van der Waals surface area contributed by atoms with Crippen LogP contribution in [0.3, 0.4) is 0 Å². The van der Waals surface area contributed by atoms with E-state index in [1.165, 1.54) is 5.56 Å². The van der Waals surface area contributed by atoms with E-state index in [1.807, 2.05) is 12.3 Å². The molecule has 2 fully saturated rings. The number of hydrogen-bond donors (Lipinski definition) is 3. The molecule has 0 spiro atoms. The van der Waals surface area contributed by atoms with Crippen molar-refractivity contribution in [2.24, 2.45) is 0 Å². The van der Waals surface area contributed by atoms with Crippen molar-refractivity contribution in [2.45, 2.75) is 50.0 Å². The van der Waals surface area contributed by atoms with E-state index in [0.717, 1.165) is 37.4 Å². The summed E-state index contributed by atoms with van der Waals surface area (Å²) in [7, 11) is 0. The number of piperidine rings is 2. The van der Waals surface area contributed by atoms with Crippen LogP contribution in [0.5, 0.6) is 5.75 Å². The fraction of sp³-hybridized carbons (Fsp3) is 0.542. The number of rotatable bonds is 6. The van der Waals surface area contributed by atoms with Gasteiger partial charge in [-0.25, -0.2) is 0 Å². The SMILES string of the molecule is Cl.O=C1CCNC2C1NCc1cc(OCC(O)CN3CCC(c4ccccc4)CC3)cn12. The number of fused-ring (bicyclic) bond motifs is 3. The fourth-order valence-corrected chi connectivity index (χ4v) is 5.19. The highest BCUT2D eigenvalue weighted by Crippen LogP contribution is 2.29. The molecule has 2 saturated heterocycles. The lowest BCUT2D eigenvalue weighted by atomic mass is 9.89. The van der Waals surface area contributed by atoms with E-state index in [0.29, 0.717) is 32.0 Å². The van der Waals surface area contributed by atoms with Crippen LogP contribution in [0, 0.1) is 0 Å². The van der Waals surface area contributed by atoms with E-state index in [9.17, 15) is 9.90 Å². The highest BCUT2D eigenvalue weighted by molar-refractivity contribution is 5.86. The van der Waals surface area contributed by atoms with Gasteiger partial charge in [0.05, 0.1) is 0 Å². The van der Waals surface area contributed by atoms with Crippen molar-refractivity contribution in [3.8, 4) is 5.75 Å². The van der Waals surface area contributed by atoms with Crippen LogP contribution in [0.4, 0.5) is 0 Å². The first-order valence-electron chi connectivity index (χ1n) is 11.5. The number of ether oxygens (including phenoxy) is 1. The second kappa shape index (κ2) is 10.4. The van der Waals surface area contributed by atoms with Crippen molar-refractivity contribution >= 4 is 18.2 Å². The van der Waals surface area contributed by atoms with Gasteiger partial charge < -0.3 is 19.3 Å². The number of hydrogen-bond acceptors (Lipinski definition) is 6. The summed E-state index contributed by atoms with van der Waals surface area (Å²) in [5, 5.41) is 17.3. The number of β-amino-alcohol motifs (C(OH)–C–C–N with tert-alkyl or cyclic N) is 1. The Morgan fingerprint density at radius 3 is 2.72 bits per heavy atom. The monoisotopic (exact) mass is 460 g/mol. The lowest BCUT2D eigenvalue weighted by Crippen LogP contribution is -2.56. The Balaban J connectivity index is 0.00000245. The maximum absolute atomic E-state index is 12.2. The molecule has 3 N–H and O–H groups in total. The largest absolute Gasteiger partial charge is 0.489 e. The molecule has 1 aromatic heterocycles. The summed E-state index contributed by atoms with van der Waals surface area (Å²) in [5.74, 6) is 1.63. The summed E-state index contributed by atoms with van der Waals surface area (Å²) < 4.78 is 8.03. The third-order valence-corrected chi connectivity index (χ3v) is 6.87. The van der Waals surface area contributed by atoms with E-state index < -0.39 is 6.10 Å². The number of aromatic nitrogens is 1. The zero-order valence-corrected chi connectivity index (χ0v) is 19.1. The minimum absolute atomic E-state index is 0. The number of halogens is 1. The standard InChI is InChI=1S/C24H32N4O3.ClH/c29-20(14-27-10-7-18(8-11-27)17-4-2-1-3-5-17)16-31-21-12-19-13-26-23-22(30)6-9-25-24(23)28(19)15-21;/h1-5,12,15,18,20,23-26,29H,6-11,13-14,16H2;1H. The minimum atomic E-state index is -0.523. The van der Waals surface area contributed by atoms with Gasteiger partial charge in [0.2, 0.25) is 0 Å². The second-order valence-corrected chi connectivity index (χ2v) is 9.00. The van der Waals surface area contributed by atoms with Crippen LogP contribution in [0.25, 0.3) is 0 Å². The van der Waals surface area contributed by atoms with Crippen LogP contribution in [0.2, 0.25) is 0 Å². The van der Waals surface area contributed by atoms with Gasteiger partial charge in [-0.3, -0.25) is 15.4 Å². The number of aliphatic hydroxyl groups excluding tert-OH is 1. The van der Waals surface area contributed by atoms with Gasteiger partial charge in [0.15, 0.2) is 5.78 Å². The van der Waals surface area contributed by atoms with Gasteiger partial charge in [0.25, 0.3) is 0 Å². The zero-order valence-electron chi connectivity index (χ0n) is 18.3. The summed E-state index contributed by atoms with van der Waals surface area (Å²) >= 11 is 0. The number of ketones is 1. The Kier molecular flexibility index (Phi) is 7.53. The van der Waals surface area contributed by atoms with Crippen LogP contribution in [0.1, 0.15) is 42.6 Å². The van der Waals surface area contributed by atoms with Crippen molar-refractivity contribution in [1.82, 2.24) is 20.1 Å². The zero-order chi connectivity index (χ0) is 21.2. The molecule has 0 radical (unpaired) electrons. The summed E-state index contributed by atoms with van der Waals surface area (Å²) in [6, 6.07) is 12.6. The normalized spacial score (nSPS) is 24.8. The van der Waals surface area contributed by atoms with Gasteiger partial charge in [0.1, 0.15) is 30.7 Å². The van der Waals surface area contributed by atoms with Crippen LogP contribution in [-0.4, -0.2) is 65.3 Å². The topological polar surface area (TPSA) is 78.8 Å². The average molecular weight is 461 g/mol. The molecule has 32 heavy (non-hydrogen) atoms. The predicted octanol–water partition coefficient (Wildman–Crippen LogP) is 2.06. The summed E-state index contributed by atoms with van der Waals surface area (Å²) in [6.45, 7) is 4.27. The number of aliphatic hydroxyl groups is 1. The molecule has 0 amide bonds. The van der Waals surface area contributed by atoms with Crippen molar-refractivity contribution in [3.63, 3.8) is 0 Å². The van der Waals surface area contributed by atoms with Crippen LogP contribution < -0.4 is 15.4 Å². The van der Waals surface area contributed by atoms with Crippen LogP contribution >= 0.6 is 12.4 Å². The predicted molar refractivity (Wildman–Crippen MR) is 125 cm³/mol. The highest BCUT2D eigenvalue weighted by atomic mass is 35.5. The number of nitrogens with one attached hydrogen (secondary N) is 2. The first-order chi connectivity index (χ1) is 15.2. The Labute approximate surface area is 195 Å². The van der Waals surface area contributed by atoms with Crippen molar-refractivity contribution in [1.29, 1.82) is 0 Å². The van der Waals surface area contributed by atoms with Gasteiger partial charge in [-0.1, -0.05) is 30.3 Å². The summed E-state index contributed by atoms with van der Waals surface area (Å²) in [6.07, 6.45) is 4.21. The lowest BCUT2D eigenvalue weighted by molar-refractivity contribution is -0.124. The molecule has 3 atom stereocenters. The first-order valence-corrected chi connectivity index (χ1v) is 11.5. The smallest absolute Gasteiger partial charge is 0.154 e. The van der Waals surface area contributed by atoms with Crippen molar-refractivity contribution in [2.75, 3.05) is 32.8 Å². The number of Topliss-reactive ketones (excluding diaryl/α,β-unsaturated/α-hetero) is 1. The third-order valence-electron chi connectivity index (χ3n) is 6.87. The molecule has 1 aromatic carbocycles. The molecule has 174 valence electrons. The van der Waals surface area contributed by atoms with E-state index in [4.69, 9.17) is 4.74 Å². The Morgan fingerprint density at radius 2 is 1.94 bits per heavy atom. The van der Waals surface area contributed by atoms with Crippen molar-refractivity contribution < 1.29 is 14.6 Å². The molecule has 0 saturated carbocycles. The van der Waals surface area contributed by atoms with E-state index in [1.54, 1.807) is 0 Å². The average Bonchev–Trinajstić information content (AvgIpc) is 3.23. The Morgan fingerprint density at radius 1 is 1.16 bits per heavy atom. The van der Waals surface area contributed by atoms with E-state index >= 15 is 0 Å². The molecule has 4 heterocycles. The van der Waals surface area contributed by atoms with Crippen molar-refractivity contribution in [3.05, 3.63) is 53.9 Å². The van der Waals surface area contributed by atoms with E-state index in [2.05, 4.69) is 50.4 Å². The summed E-state index contributed by atoms with van der Waals surface area (Å²) in [4.78, 5) is 14.5. The molecule has 3 aliphatic heterocycles. The maximum Gasteiger partial charge on any atom is 0.154 e. The highest BCUT2D eigenvalue weighted by Gasteiger charge is 2.36. The van der Waals surface area contributed by atoms with Gasteiger partial charge in [-0.15, -0.1) is 12.4 Å². The van der Waals surface area contributed by atoms with Gasteiger partial charge in [-0.05, 0) is 37.4 Å². The number of likely N-dealkylation sites (tertiary alicyclic amines) is 1. The molecule has 5 rings (SSSR count). The molecule has 3 unspecified atom stereocenters. The lowest BCUT2D eigenvalue weighted by Gasteiger charge is -2.37. The third kappa shape index (κ3) is 5.02. The quantitative estimate of drug-likeness (QED) is 0.612. The minimum Gasteiger partial charge on any atom is -0.489 e. The van der Waals surface area contributed by atoms with E-state index in [-0.39, 0.29) is 37.0 Å². The molecule has 3 aliphatic rings. The number of carbonyl (C=O) groups is 1. The first kappa shape index (κ1) is 23.3. The van der Waals surface area contributed by atoms with Crippen LogP contribution in [-0.2, 0) is 11.3 Å². The van der Waals surface area contributed by atoms with Crippen LogP contribution in [0.15, 0.2) is 42.6 Å².